The van der Waals surface area contributed by atoms with Crippen molar-refractivity contribution in [2.45, 2.75) is 26.5 Å². The minimum atomic E-state index is -0.830. The number of nitriles is 1. The fraction of sp³-hybridized carbons (Fsp3) is 0.212. The molecule has 0 unspecified atom stereocenters. The first-order valence-corrected chi connectivity index (χ1v) is 15.2. The van der Waals surface area contributed by atoms with Gasteiger partial charge >= 0.3 is 5.97 Å². The number of hydrogen-bond donors (Lipinski definition) is 0. The number of aromatic nitrogens is 1. The minimum Gasteiger partial charge on any atom is -0.493 e. The molecule has 0 radical (unpaired) electrons. The highest BCUT2D eigenvalue weighted by molar-refractivity contribution is 9.10. The van der Waals surface area contributed by atoms with Crippen LogP contribution in [-0.2, 0) is 16.1 Å². The predicted molar refractivity (Wildman–Crippen MR) is 170 cm³/mol. The van der Waals surface area contributed by atoms with Crippen molar-refractivity contribution >= 4 is 39.3 Å². The lowest BCUT2D eigenvalue weighted by Gasteiger charge is -2.26. The molecule has 0 fully saturated rings. The van der Waals surface area contributed by atoms with E-state index in [9.17, 15) is 9.59 Å². The third-order valence-electron chi connectivity index (χ3n) is 6.96. The van der Waals surface area contributed by atoms with E-state index in [1.807, 2.05) is 36.4 Å². The molecule has 1 aliphatic heterocycles. The number of halogens is 1. The Morgan fingerprint density at radius 2 is 1.84 bits per heavy atom. The van der Waals surface area contributed by atoms with Gasteiger partial charge in [0.2, 0.25) is 0 Å². The van der Waals surface area contributed by atoms with E-state index in [2.05, 4.69) is 27.0 Å². The number of benzene rings is 3. The smallest absolute Gasteiger partial charge is 0.338 e. The summed E-state index contributed by atoms with van der Waals surface area (Å²) in [6, 6.07) is 19.4. The Bertz CT molecular complexity index is 1990. The maximum absolute atomic E-state index is 14.1. The van der Waals surface area contributed by atoms with Crippen LogP contribution in [0.2, 0.25) is 0 Å². The Hall–Kier alpha value is -4.66. The topological polar surface area (TPSA) is 112 Å². The van der Waals surface area contributed by atoms with Gasteiger partial charge in [-0.25, -0.2) is 9.79 Å². The van der Waals surface area contributed by atoms with E-state index in [1.165, 1.54) is 30.1 Å². The molecular formula is C33H28BrN3O6S. The largest absolute Gasteiger partial charge is 0.493 e. The summed E-state index contributed by atoms with van der Waals surface area (Å²) >= 11 is 4.85. The fourth-order valence-corrected chi connectivity index (χ4v) is 6.44. The van der Waals surface area contributed by atoms with Crippen LogP contribution in [0.5, 0.6) is 17.2 Å². The number of fused-ring (bicyclic) bond motifs is 1. The number of nitrogens with zero attached hydrogens (tertiary/aromatic N) is 3. The number of allylic oxidation sites excluding steroid dienone is 1. The first kappa shape index (κ1) is 30.8. The summed E-state index contributed by atoms with van der Waals surface area (Å²) < 4.78 is 25.0. The van der Waals surface area contributed by atoms with Gasteiger partial charge in [-0.1, -0.05) is 51.5 Å². The molecule has 0 saturated heterocycles. The number of carbonyl (C=O) groups is 1. The first-order chi connectivity index (χ1) is 21.3. The fourth-order valence-electron chi connectivity index (χ4n) is 4.85. The Morgan fingerprint density at radius 1 is 1.11 bits per heavy atom. The molecule has 2 heterocycles. The van der Waals surface area contributed by atoms with Gasteiger partial charge in [0.15, 0.2) is 16.3 Å². The Balaban J connectivity index is 1.57. The summed E-state index contributed by atoms with van der Waals surface area (Å²) in [4.78, 5) is 32.4. The summed E-state index contributed by atoms with van der Waals surface area (Å²) in [6.45, 7) is 3.96. The van der Waals surface area contributed by atoms with Crippen LogP contribution in [0.15, 0.2) is 86.2 Å². The van der Waals surface area contributed by atoms with Crippen LogP contribution < -0.4 is 29.1 Å². The molecule has 0 amide bonds. The average molecular weight is 675 g/mol. The van der Waals surface area contributed by atoms with E-state index in [0.29, 0.717) is 54.5 Å². The molecule has 0 N–H and O–H groups in total. The van der Waals surface area contributed by atoms with Crippen molar-refractivity contribution in [1.82, 2.24) is 4.57 Å². The van der Waals surface area contributed by atoms with E-state index in [-0.39, 0.29) is 17.7 Å². The van der Waals surface area contributed by atoms with Crippen molar-refractivity contribution in [2.75, 3.05) is 20.8 Å². The lowest BCUT2D eigenvalue weighted by molar-refractivity contribution is -0.139. The van der Waals surface area contributed by atoms with Gasteiger partial charge in [-0.2, -0.15) is 5.26 Å². The molecule has 11 heteroatoms. The van der Waals surface area contributed by atoms with E-state index in [4.69, 9.17) is 24.2 Å². The molecule has 5 rings (SSSR count). The summed E-state index contributed by atoms with van der Waals surface area (Å²) in [5.74, 6) is 1.02. The van der Waals surface area contributed by atoms with Crippen LogP contribution >= 0.6 is 27.3 Å². The molecule has 0 saturated carbocycles. The van der Waals surface area contributed by atoms with Crippen LogP contribution in [-0.4, -0.2) is 31.4 Å². The second-order valence-electron chi connectivity index (χ2n) is 9.70. The molecule has 44 heavy (non-hydrogen) atoms. The van der Waals surface area contributed by atoms with Gasteiger partial charge in [0.25, 0.3) is 5.56 Å². The lowest BCUT2D eigenvalue weighted by atomic mass is 9.95. The van der Waals surface area contributed by atoms with Crippen LogP contribution in [0.1, 0.15) is 42.1 Å². The highest BCUT2D eigenvalue weighted by Crippen LogP contribution is 2.40. The Kier molecular flexibility index (Phi) is 9.32. The Labute approximate surface area is 266 Å². The second-order valence-corrected chi connectivity index (χ2v) is 11.6. The van der Waals surface area contributed by atoms with Crippen LogP contribution in [0.3, 0.4) is 0 Å². The standard InChI is InChI=1S/C33H28BrN3O6S/c1-5-42-32(39)29-19(2)36-33-37(30(29)24-15-26(40-3)27(41-4)16-25(24)34)31(38)28(44-33)14-22-7-6-8-23(13-22)43-18-21-11-9-20(17-35)10-12-21/h6-16,30H,5,18H2,1-4H3/b28-14-/t30-/m0/s1. The van der Waals surface area contributed by atoms with E-state index in [0.717, 1.165) is 11.1 Å². The van der Waals surface area contributed by atoms with Gasteiger partial charge < -0.3 is 18.9 Å². The molecule has 1 atom stereocenters. The number of hydrogen-bond acceptors (Lipinski definition) is 9. The van der Waals surface area contributed by atoms with Crippen molar-refractivity contribution in [3.8, 4) is 23.3 Å². The van der Waals surface area contributed by atoms with Crippen molar-refractivity contribution in [1.29, 1.82) is 5.26 Å². The van der Waals surface area contributed by atoms with Crippen molar-refractivity contribution in [3.63, 3.8) is 0 Å². The minimum absolute atomic E-state index is 0.170. The third kappa shape index (κ3) is 6.18. The van der Waals surface area contributed by atoms with Crippen molar-refractivity contribution in [3.05, 3.63) is 118 Å². The SMILES string of the molecule is CCOC(=O)C1=C(C)N=c2s/c(=C\c3cccc(OCc4ccc(C#N)cc4)c3)c(=O)n2[C@H]1c1cc(OC)c(OC)cc1Br. The maximum Gasteiger partial charge on any atom is 0.338 e. The molecule has 9 nitrogen and oxygen atoms in total. The second kappa shape index (κ2) is 13.3. The van der Waals surface area contributed by atoms with Crippen molar-refractivity contribution in [2.24, 2.45) is 4.99 Å². The van der Waals surface area contributed by atoms with Gasteiger partial charge in [0, 0.05) is 4.47 Å². The summed E-state index contributed by atoms with van der Waals surface area (Å²) in [5, 5.41) is 9.01. The van der Waals surface area contributed by atoms with Crippen LogP contribution in [0, 0.1) is 11.3 Å². The zero-order valence-corrected chi connectivity index (χ0v) is 26.8. The molecular weight excluding hydrogens is 646 g/mol. The highest BCUT2D eigenvalue weighted by Gasteiger charge is 2.35. The molecule has 0 aliphatic carbocycles. The van der Waals surface area contributed by atoms with Gasteiger partial charge in [-0.05, 0) is 73.0 Å². The number of rotatable bonds is 9. The third-order valence-corrected chi connectivity index (χ3v) is 8.63. The van der Waals surface area contributed by atoms with Crippen LogP contribution in [0.25, 0.3) is 6.08 Å². The summed E-state index contributed by atoms with van der Waals surface area (Å²) in [5.41, 5.74) is 3.31. The molecule has 1 aromatic heterocycles. The zero-order chi connectivity index (χ0) is 31.4. The predicted octanol–water partition coefficient (Wildman–Crippen LogP) is 5.03. The maximum atomic E-state index is 14.1. The number of thiazole rings is 1. The summed E-state index contributed by atoms with van der Waals surface area (Å²) in [7, 11) is 3.06. The quantitative estimate of drug-likeness (QED) is 0.229. The Morgan fingerprint density at radius 3 is 2.52 bits per heavy atom. The van der Waals surface area contributed by atoms with E-state index in [1.54, 1.807) is 44.2 Å². The lowest BCUT2D eigenvalue weighted by Crippen LogP contribution is -2.40. The van der Waals surface area contributed by atoms with Crippen LogP contribution in [0.4, 0.5) is 0 Å². The molecule has 3 aromatic carbocycles. The van der Waals surface area contributed by atoms with Gasteiger partial charge in [-0.15, -0.1) is 0 Å². The average Bonchev–Trinajstić information content (AvgIpc) is 3.33. The first-order valence-electron chi connectivity index (χ1n) is 13.6. The number of carbonyl (C=O) groups excluding carboxylic acids is 1. The highest BCUT2D eigenvalue weighted by atomic mass is 79.9. The molecule has 4 aromatic rings. The van der Waals surface area contributed by atoms with E-state index < -0.39 is 12.0 Å². The number of esters is 1. The monoisotopic (exact) mass is 673 g/mol. The van der Waals surface area contributed by atoms with Gasteiger partial charge in [-0.3, -0.25) is 9.36 Å². The van der Waals surface area contributed by atoms with E-state index >= 15 is 0 Å². The number of ether oxygens (including phenoxy) is 4. The molecule has 0 bridgehead atoms. The molecule has 1 aliphatic rings. The normalized spacial score (nSPS) is 14.4. The molecule has 0 spiro atoms. The van der Waals surface area contributed by atoms with Gasteiger partial charge in [0.05, 0.1) is 54.3 Å². The zero-order valence-electron chi connectivity index (χ0n) is 24.4. The number of methoxy groups -OCH3 is 2. The van der Waals surface area contributed by atoms with Gasteiger partial charge in [0.1, 0.15) is 12.4 Å². The molecule has 224 valence electrons. The van der Waals surface area contributed by atoms with Crippen molar-refractivity contribution < 1.29 is 23.7 Å². The summed E-state index contributed by atoms with van der Waals surface area (Å²) in [6.07, 6.45) is 1.78.